The summed E-state index contributed by atoms with van der Waals surface area (Å²) < 4.78 is 100. The van der Waals surface area contributed by atoms with Crippen molar-refractivity contribution in [2.24, 2.45) is 5.92 Å². The van der Waals surface area contributed by atoms with Gasteiger partial charge in [0.05, 0.1) is 0 Å². The molecule has 0 radical (unpaired) electrons. The highest BCUT2D eigenvalue weighted by Gasteiger charge is 2.72. The van der Waals surface area contributed by atoms with Gasteiger partial charge in [0.25, 0.3) is 5.91 Å². The number of nitrogens with one attached hydrogen (secondary N) is 3. The van der Waals surface area contributed by atoms with Crippen LogP contribution >= 0.6 is 0 Å². The molecule has 0 aromatic heterocycles. The highest BCUT2D eigenvalue weighted by molar-refractivity contribution is 6.05. The lowest BCUT2D eigenvalue weighted by molar-refractivity contribution is -0.288. The summed E-state index contributed by atoms with van der Waals surface area (Å²) in [4.78, 5) is 13.3. The van der Waals surface area contributed by atoms with Gasteiger partial charge in [-0.2, -0.15) is 26.3 Å². The van der Waals surface area contributed by atoms with E-state index < -0.39 is 34.8 Å². The lowest BCUT2D eigenvalue weighted by Gasteiger charge is -2.38. The number of ether oxygens (including phenoxy) is 2. The molecule has 0 unspecified atom stereocenters. The van der Waals surface area contributed by atoms with Crippen molar-refractivity contribution in [2.45, 2.75) is 79.1 Å². The first-order valence-electron chi connectivity index (χ1n) is 23.8. The summed E-state index contributed by atoms with van der Waals surface area (Å²) in [6.07, 6.45) is -9.41. The Kier molecular flexibility index (Phi) is 19.1. The summed E-state index contributed by atoms with van der Waals surface area (Å²) in [5, 5.41) is 9.56. The van der Waals surface area contributed by atoms with Gasteiger partial charge in [0, 0.05) is 39.7 Å². The molecule has 0 saturated carbocycles. The quantitative estimate of drug-likeness (QED) is 0.0604. The van der Waals surface area contributed by atoms with Crippen LogP contribution in [0.4, 0.5) is 49.1 Å². The van der Waals surface area contributed by atoms with E-state index in [2.05, 4.69) is 82.8 Å². The molecule has 7 nitrogen and oxygen atoms in total. The molecule has 7 aromatic carbocycles. The number of hydrogen-bond donors (Lipinski definition) is 4. The minimum absolute atomic E-state index is 0.0204. The lowest BCUT2D eigenvalue weighted by atomic mass is 9.73. The number of anilines is 4. The van der Waals surface area contributed by atoms with Crippen molar-refractivity contribution in [2.75, 3.05) is 21.7 Å². The summed E-state index contributed by atoms with van der Waals surface area (Å²) in [6, 6.07) is 40.3. The Morgan fingerprint density at radius 1 is 0.548 bits per heavy atom. The second-order valence-corrected chi connectivity index (χ2v) is 17.9. The number of nitrogen functional groups attached to an aromatic ring is 1. The number of nitrogens with two attached hydrogens (primary N) is 1. The molecule has 7 aromatic rings. The van der Waals surface area contributed by atoms with Crippen molar-refractivity contribution in [1.82, 2.24) is 0 Å². The first-order valence-corrected chi connectivity index (χ1v) is 23.8. The third kappa shape index (κ3) is 14.8. The molecular weight excluding hydrogens is 939 g/mol. The van der Waals surface area contributed by atoms with Gasteiger partial charge in [-0.25, -0.2) is 0 Å². The maximum absolute atomic E-state index is 14.8. The molecular formula is C60H62F6N4O3. The minimum atomic E-state index is -5.79. The van der Waals surface area contributed by atoms with E-state index in [1.807, 2.05) is 43.3 Å². The molecule has 0 heterocycles. The molecule has 0 aliphatic carbocycles. The summed E-state index contributed by atoms with van der Waals surface area (Å²) in [5.41, 5.74) is 7.26. The van der Waals surface area contributed by atoms with Gasteiger partial charge in [-0.3, -0.25) is 4.79 Å². The molecule has 73 heavy (non-hydrogen) atoms. The number of carbonyl (C=O) groups is 1. The largest absolute Gasteiger partial charge is 0.457 e. The zero-order valence-corrected chi connectivity index (χ0v) is 42.1. The van der Waals surface area contributed by atoms with Gasteiger partial charge in [-0.15, -0.1) is 0 Å². The van der Waals surface area contributed by atoms with E-state index in [-0.39, 0.29) is 17.2 Å². The monoisotopic (exact) mass is 1000 g/mol. The van der Waals surface area contributed by atoms with Crippen molar-refractivity contribution in [3.8, 4) is 23.0 Å². The van der Waals surface area contributed by atoms with Gasteiger partial charge in [0.15, 0.2) is 0 Å². The van der Waals surface area contributed by atoms with Gasteiger partial charge >= 0.3 is 12.4 Å². The van der Waals surface area contributed by atoms with Crippen LogP contribution in [-0.4, -0.2) is 18.3 Å². The minimum Gasteiger partial charge on any atom is -0.457 e. The Morgan fingerprint density at radius 3 is 1.44 bits per heavy atom. The van der Waals surface area contributed by atoms with Crippen LogP contribution in [0.25, 0.3) is 11.4 Å². The van der Waals surface area contributed by atoms with Crippen LogP contribution in [0.1, 0.15) is 91.7 Å². The second-order valence-electron chi connectivity index (χ2n) is 17.9. The first kappa shape index (κ1) is 56.0. The van der Waals surface area contributed by atoms with Gasteiger partial charge in [-0.05, 0) is 156 Å². The summed E-state index contributed by atoms with van der Waals surface area (Å²) in [7, 11) is 0. The summed E-state index contributed by atoms with van der Waals surface area (Å²) in [5.74, 6) is 0.931. The molecule has 0 saturated heterocycles. The highest BCUT2D eigenvalue weighted by atomic mass is 19.4. The maximum atomic E-state index is 14.8. The Morgan fingerprint density at radius 2 is 0.959 bits per heavy atom. The summed E-state index contributed by atoms with van der Waals surface area (Å²) >= 11 is 0. The third-order valence-corrected chi connectivity index (χ3v) is 10.9. The molecule has 0 aliphatic rings. The van der Waals surface area contributed by atoms with E-state index in [4.69, 9.17) is 15.2 Å². The second kappa shape index (κ2) is 24.9. The van der Waals surface area contributed by atoms with Gasteiger partial charge in [0.2, 0.25) is 5.41 Å². The fourth-order valence-corrected chi connectivity index (χ4v) is 7.29. The molecule has 0 bridgehead atoms. The number of rotatable bonds is 15. The lowest BCUT2D eigenvalue weighted by Crippen LogP contribution is -2.54. The van der Waals surface area contributed by atoms with Crippen LogP contribution in [0.15, 0.2) is 177 Å². The van der Waals surface area contributed by atoms with Crippen LogP contribution < -0.4 is 31.2 Å². The number of alkyl halides is 6. The summed E-state index contributed by atoms with van der Waals surface area (Å²) in [6.45, 7) is 23.3. The Bertz CT molecular complexity index is 2910. The van der Waals surface area contributed by atoms with Crippen molar-refractivity contribution >= 4 is 40.1 Å². The fourth-order valence-electron chi connectivity index (χ4n) is 7.29. The van der Waals surface area contributed by atoms with Gasteiger partial charge in [0.1, 0.15) is 23.0 Å². The zero-order chi connectivity index (χ0) is 53.5. The smallest absolute Gasteiger partial charge is 0.411 e. The van der Waals surface area contributed by atoms with Crippen molar-refractivity contribution in [3.63, 3.8) is 0 Å². The SMILES string of the molecule is C=C(Nc1ccc(C)c(NC(=C)c2cccc(CC)c2)c1)c1cccc(C(=O)Nc2ccc(Oc3ccc(C(c4ccc(Oc5ccc(N)cc5)cc4)(C(F)(F)F)C(F)(F)F)cc3)cc2)c1.CC(C)C.CCC. The maximum Gasteiger partial charge on any atom is 0.411 e. The molecule has 7 rings (SSSR count). The number of benzene rings is 7. The predicted molar refractivity (Wildman–Crippen MR) is 286 cm³/mol. The molecule has 13 heteroatoms. The Balaban J connectivity index is 0.00000133. The Hall–Kier alpha value is -7.93. The number of halogens is 6. The average molecular weight is 1000 g/mol. The Labute approximate surface area is 424 Å². The molecule has 1 amide bonds. The molecule has 0 spiro atoms. The van der Waals surface area contributed by atoms with Crippen molar-refractivity contribution in [3.05, 3.63) is 216 Å². The van der Waals surface area contributed by atoms with E-state index >= 15 is 0 Å². The van der Waals surface area contributed by atoms with Crippen LogP contribution in [0.3, 0.4) is 0 Å². The van der Waals surface area contributed by atoms with E-state index in [0.29, 0.717) is 33.9 Å². The van der Waals surface area contributed by atoms with Crippen molar-refractivity contribution in [1.29, 1.82) is 0 Å². The van der Waals surface area contributed by atoms with Crippen molar-refractivity contribution < 1.29 is 40.6 Å². The standard InChI is InChI=1S/C53H44F6N4O3.C4H10.C3H8/c1-5-36-8-6-9-37(30-36)35(4)62-49-32-44(19-12-33(49)2)61-34(3)38-10-7-11-39(31-38)50(64)63-43-20-28-48(29-21-43)66-46-24-15-41(16-25-46)51(52(54,55)56,53(57,58)59)40-13-22-45(23-14-40)65-47-26-17-42(60)18-27-47;1-4(2)3;1-3-2/h6-32,61-62H,3-5,60H2,1-2H3,(H,63,64);4H,1-3H3;3H2,1-2H3. The van der Waals surface area contributed by atoms with E-state index in [1.165, 1.54) is 48.4 Å². The molecule has 382 valence electrons. The van der Waals surface area contributed by atoms with Crippen LogP contribution in [0.2, 0.25) is 0 Å². The molecule has 0 aliphatic heterocycles. The topological polar surface area (TPSA) is 97.6 Å². The van der Waals surface area contributed by atoms with E-state index in [1.54, 1.807) is 30.3 Å². The number of carbonyl (C=O) groups excluding carboxylic acids is 1. The number of hydrogen-bond acceptors (Lipinski definition) is 6. The normalized spacial score (nSPS) is 11.3. The van der Waals surface area contributed by atoms with Crippen LogP contribution in [-0.2, 0) is 11.8 Å². The van der Waals surface area contributed by atoms with Gasteiger partial charge < -0.3 is 31.2 Å². The first-order chi connectivity index (χ1) is 34.6. The molecule has 5 N–H and O–H groups in total. The van der Waals surface area contributed by atoms with E-state index in [9.17, 15) is 31.1 Å². The molecule has 0 fully saturated rings. The highest BCUT2D eigenvalue weighted by Crippen LogP contribution is 2.56. The van der Waals surface area contributed by atoms with Gasteiger partial charge in [-0.1, -0.05) is 122 Å². The third-order valence-electron chi connectivity index (χ3n) is 10.9. The predicted octanol–water partition coefficient (Wildman–Crippen LogP) is 17.6. The van der Waals surface area contributed by atoms with E-state index in [0.717, 1.165) is 89.1 Å². The molecule has 0 atom stereocenters. The zero-order valence-electron chi connectivity index (χ0n) is 42.1. The average Bonchev–Trinajstić information content (AvgIpc) is 3.34. The fraction of sp³-hybridized carbons (Fsp3) is 0.217. The van der Waals surface area contributed by atoms with Crippen LogP contribution in [0.5, 0.6) is 23.0 Å². The number of aryl methyl sites for hydroxylation is 2. The van der Waals surface area contributed by atoms with Crippen LogP contribution in [0, 0.1) is 12.8 Å². The number of amides is 1.